The highest BCUT2D eigenvalue weighted by Gasteiger charge is 2.16. The summed E-state index contributed by atoms with van der Waals surface area (Å²) in [5.74, 6) is -0.973. The van der Waals surface area contributed by atoms with Crippen LogP contribution >= 0.6 is 11.3 Å². The average molecular weight is 430 g/mol. The zero-order valence-corrected chi connectivity index (χ0v) is 16.9. The average Bonchev–Trinajstić information content (AvgIpc) is 3.24. The van der Waals surface area contributed by atoms with Gasteiger partial charge in [-0.1, -0.05) is 42.5 Å². The van der Waals surface area contributed by atoms with E-state index in [2.05, 4.69) is 15.6 Å². The number of nitrogens with one attached hydrogen (secondary N) is 3. The van der Waals surface area contributed by atoms with E-state index in [1.165, 1.54) is 35.6 Å². The molecule has 0 unspecified atom stereocenters. The molecule has 0 saturated heterocycles. The van der Waals surface area contributed by atoms with Gasteiger partial charge < -0.3 is 0 Å². The summed E-state index contributed by atoms with van der Waals surface area (Å²) in [7, 11) is -3.80. The van der Waals surface area contributed by atoms with Crippen molar-refractivity contribution in [2.45, 2.75) is 17.9 Å². The summed E-state index contributed by atoms with van der Waals surface area (Å²) in [6.45, 7) is 0.137. The molecule has 0 spiro atoms. The van der Waals surface area contributed by atoms with Gasteiger partial charge in [-0.25, -0.2) is 13.1 Å². The third-order valence-corrected chi connectivity index (χ3v) is 6.22. The highest BCUT2D eigenvalue weighted by molar-refractivity contribution is 7.89. The Kier molecular flexibility index (Phi) is 6.76. The highest BCUT2D eigenvalue weighted by Crippen LogP contribution is 2.13. The van der Waals surface area contributed by atoms with Crippen molar-refractivity contribution in [1.29, 1.82) is 0 Å². The van der Waals surface area contributed by atoms with Gasteiger partial charge in [-0.3, -0.25) is 20.4 Å². The lowest BCUT2D eigenvalue weighted by molar-refractivity contribution is -0.121. The van der Waals surface area contributed by atoms with Gasteiger partial charge in [0.15, 0.2) is 0 Å². The quantitative estimate of drug-likeness (QED) is 0.501. The lowest BCUT2D eigenvalue weighted by Crippen LogP contribution is -2.42. The second-order valence-corrected chi connectivity index (χ2v) is 8.90. The number of hydrazine groups is 1. The van der Waals surface area contributed by atoms with E-state index in [-0.39, 0.29) is 29.3 Å². The Labute approximate surface area is 172 Å². The van der Waals surface area contributed by atoms with Crippen LogP contribution in [-0.2, 0) is 27.8 Å². The van der Waals surface area contributed by atoms with Crippen molar-refractivity contribution in [2.75, 3.05) is 0 Å². The van der Waals surface area contributed by atoms with E-state index in [1.54, 1.807) is 0 Å². The lowest BCUT2D eigenvalue weighted by atomic mass is 10.2. The van der Waals surface area contributed by atoms with Crippen molar-refractivity contribution < 1.29 is 18.0 Å². The summed E-state index contributed by atoms with van der Waals surface area (Å²) >= 11 is 1.44. The van der Waals surface area contributed by atoms with E-state index in [9.17, 15) is 18.0 Å². The molecule has 0 aliphatic heterocycles. The summed E-state index contributed by atoms with van der Waals surface area (Å²) in [5, 5.41) is 1.86. The second kappa shape index (κ2) is 9.46. The molecule has 3 aromatic rings. The number of benzene rings is 2. The van der Waals surface area contributed by atoms with Gasteiger partial charge in [0.05, 0.1) is 11.3 Å². The molecule has 0 atom stereocenters. The van der Waals surface area contributed by atoms with Gasteiger partial charge in [0.2, 0.25) is 15.9 Å². The second-order valence-electron chi connectivity index (χ2n) is 6.10. The van der Waals surface area contributed by atoms with Crippen LogP contribution in [0, 0.1) is 0 Å². The molecule has 7 nitrogen and oxygen atoms in total. The van der Waals surface area contributed by atoms with Gasteiger partial charge in [0.1, 0.15) is 0 Å². The maximum Gasteiger partial charge on any atom is 0.269 e. The molecule has 0 fully saturated rings. The Hall–Kier alpha value is -3.01. The smallest absolute Gasteiger partial charge is 0.269 e. The Morgan fingerprint density at radius 3 is 2.41 bits per heavy atom. The topological polar surface area (TPSA) is 104 Å². The van der Waals surface area contributed by atoms with Crippen molar-refractivity contribution >= 4 is 33.2 Å². The number of thiophene rings is 1. The summed E-state index contributed by atoms with van der Waals surface area (Å²) in [5.41, 5.74) is 5.56. The molecule has 0 aliphatic rings. The first-order valence-electron chi connectivity index (χ1n) is 8.69. The number of hydrogen-bond donors (Lipinski definition) is 3. The summed E-state index contributed by atoms with van der Waals surface area (Å²) in [4.78, 5) is 25.0. The summed E-state index contributed by atoms with van der Waals surface area (Å²) in [6.07, 6.45) is 0.149. The van der Waals surface area contributed by atoms with Crippen LogP contribution in [0.4, 0.5) is 0 Å². The molecule has 0 bridgehead atoms. The fraction of sp³-hybridized carbons (Fsp3) is 0.100. The first kappa shape index (κ1) is 20.7. The number of carbonyl (C=O) groups excluding carboxylic acids is 2. The number of rotatable bonds is 7. The van der Waals surface area contributed by atoms with Gasteiger partial charge in [0, 0.05) is 17.0 Å². The van der Waals surface area contributed by atoms with Crippen LogP contribution in [-0.4, -0.2) is 20.2 Å². The van der Waals surface area contributed by atoms with E-state index in [1.807, 2.05) is 47.8 Å². The first-order valence-corrected chi connectivity index (χ1v) is 11.1. The predicted molar refractivity (Wildman–Crippen MR) is 111 cm³/mol. The molecule has 9 heteroatoms. The zero-order chi connectivity index (χ0) is 20.7. The Bertz CT molecular complexity index is 1080. The van der Waals surface area contributed by atoms with Crippen LogP contribution in [0.1, 0.15) is 20.8 Å². The SMILES string of the molecule is O=C(Cc1cccs1)NNC(=O)c1cccc(S(=O)(=O)NCc2ccccc2)c1. The van der Waals surface area contributed by atoms with Gasteiger partial charge in [-0.2, -0.15) is 0 Å². The Morgan fingerprint density at radius 2 is 1.69 bits per heavy atom. The molecule has 2 amide bonds. The molecule has 3 rings (SSSR count). The molecular formula is C20H19N3O4S2. The molecule has 150 valence electrons. The van der Waals surface area contributed by atoms with Crippen molar-refractivity contribution in [2.24, 2.45) is 0 Å². The molecular weight excluding hydrogens is 410 g/mol. The highest BCUT2D eigenvalue weighted by atomic mass is 32.2. The van der Waals surface area contributed by atoms with Crippen LogP contribution in [0.15, 0.2) is 77.0 Å². The van der Waals surface area contributed by atoms with Gasteiger partial charge in [-0.05, 0) is 35.2 Å². The van der Waals surface area contributed by atoms with Gasteiger partial charge in [-0.15, -0.1) is 11.3 Å². The third kappa shape index (κ3) is 5.98. The molecule has 0 radical (unpaired) electrons. The maximum atomic E-state index is 12.5. The molecule has 3 N–H and O–H groups in total. The monoisotopic (exact) mass is 429 g/mol. The van der Waals surface area contributed by atoms with Crippen molar-refractivity contribution in [3.8, 4) is 0 Å². The fourth-order valence-electron chi connectivity index (χ4n) is 2.48. The standard InChI is InChI=1S/C20H19N3O4S2/c24-19(13-17-9-5-11-28-17)22-23-20(25)16-8-4-10-18(12-16)29(26,27)21-14-15-6-2-1-3-7-15/h1-12,21H,13-14H2,(H,22,24)(H,23,25). The molecule has 0 aliphatic carbocycles. The first-order chi connectivity index (χ1) is 13.9. The van der Waals surface area contributed by atoms with Crippen LogP contribution in [0.2, 0.25) is 0 Å². The van der Waals surface area contributed by atoms with Crippen molar-refractivity contribution in [3.05, 3.63) is 88.1 Å². The van der Waals surface area contributed by atoms with Crippen molar-refractivity contribution in [1.82, 2.24) is 15.6 Å². The molecule has 29 heavy (non-hydrogen) atoms. The van der Waals surface area contributed by atoms with Gasteiger partial charge in [0.25, 0.3) is 5.91 Å². The predicted octanol–water partition coefficient (Wildman–Crippen LogP) is 2.23. The van der Waals surface area contributed by atoms with E-state index >= 15 is 0 Å². The van der Waals surface area contributed by atoms with E-state index in [0.717, 1.165) is 10.4 Å². The van der Waals surface area contributed by atoms with Crippen LogP contribution in [0.3, 0.4) is 0 Å². The van der Waals surface area contributed by atoms with Crippen LogP contribution in [0.25, 0.3) is 0 Å². The van der Waals surface area contributed by atoms with Gasteiger partial charge >= 0.3 is 0 Å². The minimum atomic E-state index is -3.80. The molecule has 2 aromatic carbocycles. The lowest BCUT2D eigenvalue weighted by Gasteiger charge is -2.10. The Balaban J connectivity index is 1.60. The van der Waals surface area contributed by atoms with E-state index in [4.69, 9.17) is 0 Å². The normalized spacial score (nSPS) is 11.0. The Morgan fingerprint density at radius 1 is 0.897 bits per heavy atom. The molecule has 0 saturated carbocycles. The maximum absolute atomic E-state index is 12.5. The van der Waals surface area contributed by atoms with Crippen molar-refractivity contribution in [3.63, 3.8) is 0 Å². The minimum absolute atomic E-state index is 0.0361. The van der Waals surface area contributed by atoms with Crippen LogP contribution in [0.5, 0.6) is 0 Å². The summed E-state index contributed by atoms with van der Waals surface area (Å²) < 4.78 is 27.5. The number of hydrogen-bond acceptors (Lipinski definition) is 5. The number of sulfonamides is 1. The largest absolute Gasteiger partial charge is 0.273 e. The zero-order valence-electron chi connectivity index (χ0n) is 15.3. The van der Waals surface area contributed by atoms with Crippen LogP contribution < -0.4 is 15.6 Å². The minimum Gasteiger partial charge on any atom is -0.273 e. The third-order valence-electron chi connectivity index (χ3n) is 3.95. The fourth-order valence-corrected chi connectivity index (χ4v) is 4.24. The summed E-state index contributed by atoms with van der Waals surface area (Å²) in [6, 6.07) is 18.4. The van der Waals surface area contributed by atoms with E-state index < -0.39 is 15.9 Å². The molecule has 1 aromatic heterocycles. The number of carbonyl (C=O) groups is 2. The molecule has 1 heterocycles. The number of amides is 2. The van der Waals surface area contributed by atoms with E-state index in [0.29, 0.717) is 0 Å².